The van der Waals surface area contributed by atoms with Crippen molar-refractivity contribution in [1.29, 1.82) is 0 Å². The largest absolute Gasteiger partial charge is 0.497 e. The summed E-state index contributed by atoms with van der Waals surface area (Å²) in [4.78, 5) is 6.07. The molecule has 0 amide bonds. The zero-order valence-electron chi connectivity index (χ0n) is 17.6. The van der Waals surface area contributed by atoms with Gasteiger partial charge in [0.15, 0.2) is 0 Å². The van der Waals surface area contributed by atoms with E-state index in [0.717, 1.165) is 44.6 Å². The van der Waals surface area contributed by atoms with Gasteiger partial charge in [0, 0.05) is 35.4 Å². The molecular weight excluding hydrogens is 346 g/mol. The fourth-order valence-electron chi connectivity index (χ4n) is 3.99. The van der Waals surface area contributed by atoms with E-state index in [1.54, 1.807) is 7.11 Å². The molecule has 4 heteroatoms. The number of ether oxygens (including phenoxy) is 1. The Morgan fingerprint density at radius 3 is 2.36 bits per heavy atom. The summed E-state index contributed by atoms with van der Waals surface area (Å²) in [6.07, 6.45) is 3.14. The molecule has 28 heavy (non-hydrogen) atoms. The Hall–Kier alpha value is -2.46. The topological polar surface area (TPSA) is 54.3 Å². The Balaban J connectivity index is 2.08. The summed E-state index contributed by atoms with van der Waals surface area (Å²) in [6.45, 7) is 9.30. The summed E-state index contributed by atoms with van der Waals surface area (Å²) in [7, 11) is 1.73. The van der Waals surface area contributed by atoms with Gasteiger partial charge in [0.1, 0.15) is 5.75 Å². The molecule has 0 atom stereocenters. The number of methoxy groups -OCH3 is 1. The summed E-state index contributed by atoms with van der Waals surface area (Å²) in [5, 5.41) is 1.26. The smallest absolute Gasteiger partial charge is 0.119 e. The van der Waals surface area contributed by atoms with E-state index >= 15 is 0 Å². The fourth-order valence-corrected chi connectivity index (χ4v) is 3.99. The molecule has 2 aromatic carbocycles. The Morgan fingerprint density at radius 1 is 1.04 bits per heavy atom. The lowest BCUT2D eigenvalue weighted by Gasteiger charge is -2.21. The lowest BCUT2D eigenvalue weighted by atomic mass is 9.99. The fraction of sp³-hybridized carbons (Fsp3) is 0.417. The molecule has 3 rings (SSSR count). The number of hydrogen-bond acceptors (Lipinski definition) is 3. The van der Waals surface area contributed by atoms with Crippen LogP contribution in [0.5, 0.6) is 5.75 Å². The molecule has 1 heterocycles. The second-order valence-electron chi connectivity index (χ2n) is 7.31. The Kier molecular flexibility index (Phi) is 6.63. The van der Waals surface area contributed by atoms with Crippen LogP contribution in [0.2, 0.25) is 0 Å². The Morgan fingerprint density at radius 2 is 1.75 bits per heavy atom. The molecule has 4 nitrogen and oxygen atoms in total. The van der Waals surface area contributed by atoms with Gasteiger partial charge in [-0.2, -0.15) is 0 Å². The average molecular weight is 380 g/mol. The molecule has 0 saturated heterocycles. The van der Waals surface area contributed by atoms with Gasteiger partial charge < -0.3 is 20.4 Å². The number of nitrogens with zero attached hydrogens (tertiary/aromatic N) is 1. The molecule has 150 valence electrons. The van der Waals surface area contributed by atoms with Gasteiger partial charge in [0.05, 0.1) is 7.11 Å². The van der Waals surface area contributed by atoms with Gasteiger partial charge in [0.2, 0.25) is 0 Å². The minimum absolute atomic E-state index is 0.735. The van der Waals surface area contributed by atoms with E-state index in [0.29, 0.717) is 0 Å². The maximum atomic E-state index is 5.74. The third-order valence-corrected chi connectivity index (χ3v) is 5.59. The molecule has 0 aliphatic carbocycles. The summed E-state index contributed by atoms with van der Waals surface area (Å²) < 4.78 is 5.53. The number of unbranched alkanes of at least 4 members (excludes halogenated alkanes) is 1. The number of hydrogen-bond donors (Lipinski definition) is 2. The molecule has 0 spiro atoms. The summed E-state index contributed by atoms with van der Waals surface area (Å²) >= 11 is 0. The predicted octanol–water partition coefficient (Wildman–Crippen LogP) is 5.28. The maximum Gasteiger partial charge on any atom is 0.119 e. The number of fused-ring (bicyclic) bond motifs is 1. The van der Waals surface area contributed by atoms with Gasteiger partial charge in [-0.1, -0.05) is 12.1 Å². The quantitative estimate of drug-likeness (QED) is 0.497. The molecule has 3 N–H and O–H groups in total. The number of anilines is 1. The van der Waals surface area contributed by atoms with Crippen LogP contribution >= 0.6 is 0 Å². The van der Waals surface area contributed by atoms with E-state index < -0.39 is 0 Å². The Labute approximate surface area is 168 Å². The predicted molar refractivity (Wildman–Crippen MR) is 121 cm³/mol. The zero-order chi connectivity index (χ0) is 20.1. The van der Waals surface area contributed by atoms with Crippen molar-refractivity contribution < 1.29 is 4.74 Å². The Bertz CT molecular complexity index is 908. The van der Waals surface area contributed by atoms with E-state index in [1.807, 2.05) is 0 Å². The van der Waals surface area contributed by atoms with E-state index in [1.165, 1.54) is 39.0 Å². The third kappa shape index (κ3) is 4.02. The second-order valence-corrected chi connectivity index (χ2v) is 7.31. The van der Waals surface area contributed by atoms with E-state index in [4.69, 9.17) is 10.5 Å². The van der Waals surface area contributed by atoms with Crippen LogP contribution in [-0.2, 0) is 6.42 Å². The third-order valence-electron chi connectivity index (χ3n) is 5.59. The molecule has 0 fully saturated rings. The van der Waals surface area contributed by atoms with Crippen molar-refractivity contribution in [1.82, 2.24) is 4.98 Å². The van der Waals surface area contributed by atoms with Crippen molar-refractivity contribution in [2.75, 3.05) is 31.6 Å². The van der Waals surface area contributed by atoms with E-state index in [2.05, 4.69) is 67.1 Å². The molecule has 0 aliphatic heterocycles. The first kappa shape index (κ1) is 20.3. The molecular formula is C24H33N3O. The van der Waals surface area contributed by atoms with Crippen LogP contribution in [0, 0.1) is 6.92 Å². The summed E-state index contributed by atoms with van der Waals surface area (Å²) in [5.74, 6) is 0.910. The van der Waals surface area contributed by atoms with Gasteiger partial charge in [-0.25, -0.2) is 0 Å². The monoisotopic (exact) mass is 379 g/mol. The lowest BCUT2D eigenvalue weighted by Crippen LogP contribution is -2.21. The molecule has 3 aromatic rings. The van der Waals surface area contributed by atoms with Gasteiger partial charge in [-0.05, 0) is 87.5 Å². The van der Waals surface area contributed by atoms with Crippen LogP contribution in [0.4, 0.5) is 5.69 Å². The highest BCUT2D eigenvalue weighted by atomic mass is 16.5. The number of benzene rings is 2. The van der Waals surface area contributed by atoms with Crippen molar-refractivity contribution >= 4 is 16.6 Å². The number of rotatable bonds is 9. The normalized spacial score (nSPS) is 11.2. The number of aryl methyl sites for hydroxylation is 2. The number of aromatic amines is 1. The van der Waals surface area contributed by atoms with Crippen LogP contribution in [0.25, 0.3) is 22.2 Å². The van der Waals surface area contributed by atoms with Crippen molar-refractivity contribution in [2.24, 2.45) is 5.73 Å². The highest BCUT2D eigenvalue weighted by Gasteiger charge is 2.16. The molecule has 0 radical (unpaired) electrons. The van der Waals surface area contributed by atoms with Crippen LogP contribution in [0.1, 0.15) is 37.8 Å². The van der Waals surface area contributed by atoms with Gasteiger partial charge in [-0.15, -0.1) is 0 Å². The first-order chi connectivity index (χ1) is 13.6. The second kappa shape index (κ2) is 9.16. The van der Waals surface area contributed by atoms with Gasteiger partial charge >= 0.3 is 0 Å². The number of nitrogens with one attached hydrogen (secondary N) is 1. The number of aromatic nitrogens is 1. The first-order valence-corrected chi connectivity index (χ1v) is 10.4. The average Bonchev–Trinajstić information content (AvgIpc) is 3.09. The summed E-state index contributed by atoms with van der Waals surface area (Å²) in [5.41, 5.74) is 13.2. The van der Waals surface area contributed by atoms with Crippen LogP contribution in [0.15, 0.2) is 36.4 Å². The van der Waals surface area contributed by atoms with E-state index in [-0.39, 0.29) is 0 Å². The first-order valence-electron chi connectivity index (χ1n) is 10.4. The molecule has 0 unspecified atom stereocenters. The minimum atomic E-state index is 0.735. The highest BCUT2D eigenvalue weighted by Crippen LogP contribution is 2.36. The van der Waals surface area contributed by atoms with Crippen molar-refractivity contribution in [3.05, 3.63) is 47.5 Å². The van der Waals surface area contributed by atoms with Crippen molar-refractivity contribution in [3.8, 4) is 17.0 Å². The van der Waals surface area contributed by atoms with Crippen LogP contribution in [0.3, 0.4) is 0 Å². The van der Waals surface area contributed by atoms with Gasteiger partial charge in [0.25, 0.3) is 0 Å². The number of nitrogens with two attached hydrogens (primary N) is 1. The van der Waals surface area contributed by atoms with Gasteiger partial charge in [-0.3, -0.25) is 0 Å². The zero-order valence-corrected chi connectivity index (χ0v) is 17.6. The molecule has 0 saturated carbocycles. The van der Waals surface area contributed by atoms with E-state index in [9.17, 15) is 0 Å². The molecule has 0 bridgehead atoms. The minimum Gasteiger partial charge on any atom is -0.497 e. The standard InChI is InChI=1S/C24H33N3O/c1-5-27(6-2)19-12-10-18(11-13-19)24-21(9-7-8-14-25)22-16-20(28-4)15-17(3)23(22)26-24/h10-13,15-16,26H,5-9,14,25H2,1-4H3. The molecule has 0 aliphatic rings. The highest BCUT2D eigenvalue weighted by molar-refractivity contribution is 5.94. The SMILES string of the molecule is CCN(CC)c1ccc(-c2[nH]c3c(C)cc(OC)cc3c2CCCCN)cc1. The molecule has 1 aromatic heterocycles. The van der Waals surface area contributed by atoms with Crippen LogP contribution in [-0.4, -0.2) is 31.7 Å². The van der Waals surface area contributed by atoms with Crippen LogP contribution < -0.4 is 15.4 Å². The van der Waals surface area contributed by atoms with Crippen molar-refractivity contribution in [2.45, 2.75) is 40.0 Å². The van der Waals surface area contributed by atoms with Crippen molar-refractivity contribution in [3.63, 3.8) is 0 Å². The maximum absolute atomic E-state index is 5.74. The summed E-state index contributed by atoms with van der Waals surface area (Å²) in [6, 6.07) is 13.2. The lowest BCUT2D eigenvalue weighted by molar-refractivity contribution is 0.415. The number of H-pyrrole nitrogens is 1.